The van der Waals surface area contributed by atoms with Crippen molar-refractivity contribution in [2.24, 2.45) is 0 Å². The van der Waals surface area contributed by atoms with E-state index >= 15 is 0 Å². The molecule has 0 spiro atoms. The summed E-state index contributed by atoms with van der Waals surface area (Å²) in [4.78, 5) is 4.77. The SMILES string of the molecule is COCCn1c(-c2ccc(C)cc2)nc2ccccc21. The summed E-state index contributed by atoms with van der Waals surface area (Å²) in [5.41, 5.74) is 4.58. The third-order valence-corrected chi connectivity index (χ3v) is 3.48. The van der Waals surface area contributed by atoms with Crippen LogP contribution in [0.15, 0.2) is 48.5 Å². The molecule has 1 heterocycles. The lowest BCUT2D eigenvalue weighted by atomic mass is 10.1. The highest BCUT2D eigenvalue weighted by Crippen LogP contribution is 2.24. The highest BCUT2D eigenvalue weighted by Gasteiger charge is 2.11. The number of para-hydroxylation sites is 2. The molecule has 3 nitrogen and oxygen atoms in total. The summed E-state index contributed by atoms with van der Waals surface area (Å²) in [6.45, 7) is 3.58. The van der Waals surface area contributed by atoms with Crippen LogP contribution in [0.1, 0.15) is 5.56 Å². The lowest BCUT2D eigenvalue weighted by Gasteiger charge is -2.09. The predicted octanol–water partition coefficient (Wildman–Crippen LogP) is 3.66. The van der Waals surface area contributed by atoms with Crippen LogP contribution in [0.3, 0.4) is 0 Å². The number of ether oxygens (including phenoxy) is 1. The fourth-order valence-corrected chi connectivity index (χ4v) is 2.41. The van der Waals surface area contributed by atoms with Gasteiger partial charge < -0.3 is 9.30 Å². The van der Waals surface area contributed by atoms with Gasteiger partial charge in [-0.1, -0.05) is 42.0 Å². The molecule has 2 aromatic carbocycles. The van der Waals surface area contributed by atoms with Crippen molar-refractivity contribution in [3.8, 4) is 11.4 Å². The van der Waals surface area contributed by atoms with Crippen molar-refractivity contribution in [1.29, 1.82) is 0 Å². The molecule has 0 N–H and O–H groups in total. The minimum absolute atomic E-state index is 0.680. The molecule has 3 heteroatoms. The Bertz CT molecular complexity index is 713. The van der Waals surface area contributed by atoms with Crippen molar-refractivity contribution >= 4 is 11.0 Å². The molecule has 3 aromatic rings. The first kappa shape index (κ1) is 12.9. The molecule has 1 aromatic heterocycles. The van der Waals surface area contributed by atoms with Crippen molar-refractivity contribution in [3.63, 3.8) is 0 Å². The van der Waals surface area contributed by atoms with Gasteiger partial charge in [0.2, 0.25) is 0 Å². The summed E-state index contributed by atoms with van der Waals surface area (Å²) in [7, 11) is 1.73. The zero-order chi connectivity index (χ0) is 13.9. The summed E-state index contributed by atoms with van der Waals surface area (Å²) in [5, 5.41) is 0. The Morgan fingerprint density at radius 2 is 1.80 bits per heavy atom. The molecule has 0 atom stereocenters. The first-order valence-corrected chi connectivity index (χ1v) is 6.81. The van der Waals surface area contributed by atoms with Crippen LogP contribution in [0, 0.1) is 6.92 Å². The number of hydrogen-bond acceptors (Lipinski definition) is 2. The van der Waals surface area contributed by atoms with Crippen molar-refractivity contribution in [1.82, 2.24) is 9.55 Å². The van der Waals surface area contributed by atoms with E-state index in [2.05, 4.69) is 47.9 Å². The van der Waals surface area contributed by atoms with Gasteiger partial charge in [-0.3, -0.25) is 0 Å². The van der Waals surface area contributed by atoms with Gasteiger partial charge in [0.25, 0.3) is 0 Å². The van der Waals surface area contributed by atoms with E-state index in [4.69, 9.17) is 9.72 Å². The summed E-state index contributed by atoms with van der Waals surface area (Å²) in [6.07, 6.45) is 0. The Morgan fingerprint density at radius 3 is 2.55 bits per heavy atom. The van der Waals surface area contributed by atoms with E-state index in [1.807, 2.05) is 12.1 Å². The van der Waals surface area contributed by atoms with Gasteiger partial charge >= 0.3 is 0 Å². The van der Waals surface area contributed by atoms with Crippen LogP contribution in [-0.4, -0.2) is 23.3 Å². The molecule has 0 saturated carbocycles. The van der Waals surface area contributed by atoms with Crippen molar-refractivity contribution < 1.29 is 4.74 Å². The van der Waals surface area contributed by atoms with Crippen molar-refractivity contribution in [2.75, 3.05) is 13.7 Å². The number of aromatic nitrogens is 2. The summed E-state index contributed by atoms with van der Waals surface area (Å²) < 4.78 is 7.45. The predicted molar refractivity (Wildman–Crippen MR) is 81.8 cm³/mol. The summed E-state index contributed by atoms with van der Waals surface area (Å²) >= 11 is 0. The quantitative estimate of drug-likeness (QED) is 0.720. The zero-order valence-corrected chi connectivity index (χ0v) is 11.8. The number of imidazole rings is 1. The molecule has 3 rings (SSSR count). The normalized spacial score (nSPS) is 11.1. The molecule has 102 valence electrons. The third-order valence-electron chi connectivity index (χ3n) is 3.48. The van der Waals surface area contributed by atoms with Gasteiger partial charge in [0.05, 0.1) is 17.6 Å². The van der Waals surface area contributed by atoms with Crippen LogP contribution in [0.5, 0.6) is 0 Å². The molecule has 20 heavy (non-hydrogen) atoms. The van der Waals surface area contributed by atoms with E-state index < -0.39 is 0 Å². The van der Waals surface area contributed by atoms with Crippen molar-refractivity contribution in [3.05, 3.63) is 54.1 Å². The topological polar surface area (TPSA) is 27.1 Å². The molecule has 0 saturated heterocycles. The number of rotatable bonds is 4. The van der Waals surface area contributed by atoms with E-state index in [1.165, 1.54) is 5.56 Å². The molecule has 0 aliphatic rings. The molecular weight excluding hydrogens is 248 g/mol. The first-order chi connectivity index (χ1) is 9.79. The van der Waals surface area contributed by atoms with E-state index in [1.54, 1.807) is 7.11 Å². The van der Waals surface area contributed by atoms with Gasteiger partial charge in [0, 0.05) is 19.2 Å². The van der Waals surface area contributed by atoms with Crippen LogP contribution in [-0.2, 0) is 11.3 Å². The first-order valence-electron chi connectivity index (χ1n) is 6.81. The van der Waals surface area contributed by atoms with Crippen LogP contribution < -0.4 is 0 Å². The number of aryl methyl sites for hydroxylation is 1. The second-order valence-electron chi connectivity index (χ2n) is 4.93. The highest BCUT2D eigenvalue weighted by molar-refractivity contribution is 5.80. The van der Waals surface area contributed by atoms with E-state index in [-0.39, 0.29) is 0 Å². The van der Waals surface area contributed by atoms with E-state index in [9.17, 15) is 0 Å². The Kier molecular flexibility index (Phi) is 3.52. The number of methoxy groups -OCH3 is 1. The zero-order valence-electron chi connectivity index (χ0n) is 11.8. The average Bonchev–Trinajstić information content (AvgIpc) is 2.84. The second-order valence-corrected chi connectivity index (χ2v) is 4.93. The van der Waals surface area contributed by atoms with Crippen molar-refractivity contribution in [2.45, 2.75) is 13.5 Å². The smallest absolute Gasteiger partial charge is 0.141 e. The van der Waals surface area contributed by atoms with Gasteiger partial charge in [-0.05, 0) is 19.1 Å². The number of hydrogen-bond donors (Lipinski definition) is 0. The summed E-state index contributed by atoms with van der Waals surface area (Å²) in [5.74, 6) is 1.00. The van der Waals surface area contributed by atoms with E-state index in [0.29, 0.717) is 6.61 Å². The van der Waals surface area contributed by atoms with Gasteiger partial charge in [-0.25, -0.2) is 4.98 Å². The largest absolute Gasteiger partial charge is 0.383 e. The van der Waals surface area contributed by atoms with Gasteiger partial charge in [0.15, 0.2) is 0 Å². The maximum atomic E-state index is 5.23. The summed E-state index contributed by atoms with van der Waals surface area (Å²) in [6, 6.07) is 16.7. The van der Waals surface area contributed by atoms with Gasteiger partial charge in [0.1, 0.15) is 5.82 Å². The average molecular weight is 266 g/mol. The van der Waals surface area contributed by atoms with Crippen LogP contribution in [0.4, 0.5) is 0 Å². The van der Waals surface area contributed by atoms with Crippen LogP contribution in [0.2, 0.25) is 0 Å². The second kappa shape index (κ2) is 5.47. The lowest BCUT2D eigenvalue weighted by Crippen LogP contribution is -2.05. The molecule has 0 aliphatic carbocycles. The van der Waals surface area contributed by atoms with Crippen LogP contribution >= 0.6 is 0 Å². The minimum Gasteiger partial charge on any atom is -0.383 e. The van der Waals surface area contributed by atoms with E-state index in [0.717, 1.165) is 29.0 Å². The molecule has 0 amide bonds. The van der Waals surface area contributed by atoms with Crippen LogP contribution in [0.25, 0.3) is 22.4 Å². The fourth-order valence-electron chi connectivity index (χ4n) is 2.41. The Hall–Kier alpha value is -2.13. The number of fused-ring (bicyclic) bond motifs is 1. The van der Waals surface area contributed by atoms with Gasteiger partial charge in [-0.15, -0.1) is 0 Å². The molecule has 0 aliphatic heterocycles. The molecule has 0 fully saturated rings. The highest BCUT2D eigenvalue weighted by atomic mass is 16.5. The fraction of sp³-hybridized carbons (Fsp3) is 0.235. The molecule has 0 unspecified atom stereocenters. The third kappa shape index (κ3) is 2.32. The lowest BCUT2D eigenvalue weighted by molar-refractivity contribution is 0.188. The number of nitrogens with zero attached hydrogens (tertiary/aromatic N) is 2. The molecule has 0 bridgehead atoms. The Morgan fingerprint density at radius 1 is 1.05 bits per heavy atom. The maximum Gasteiger partial charge on any atom is 0.141 e. The molecular formula is C17H18N2O. The standard InChI is InChI=1S/C17H18N2O/c1-13-7-9-14(10-8-13)17-18-15-5-3-4-6-16(15)19(17)11-12-20-2/h3-10H,11-12H2,1-2H3. The van der Waals surface area contributed by atoms with Gasteiger partial charge in [-0.2, -0.15) is 0 Å². The number of benzene rings is 2. The Balaban J connectivity index is 2.15. The minimum atomic E-state index is 0.680. The molecule has 0 radical (unpaired) electrons. The monoisotopic (exact) mass is 266 g/mol. The Labute approximate surface area is 118 Å². The maximum absolute atomic E-state index is 5.23.